The van der Waals surface area contributed by atoms with Gasteiger partial charge in [-0.1, -0.05) is 6.07 Å². The van der Waals surface area contributed by atoms with Crippen molar-refractivity contribution in [2.45, 2.75) is 12.6 Å². The van der Waals surface area contributed by atoms with Gasteiger partial charge in [-0.05, 0) is 24.7 Å². The van der Waals surface area contributed by atoms with Gasteiger partial charge in [-0.2, -0.15) is 0 Å². The average molecular weight is 264 g/mol. The molecule has 1 aromatic rings. The maximum Gasteiger partial charge on any atom is 0.265 e. The van der Waals surface area contributed by atoms with Gasteiger partial charge >= 0.3 is 0 Å². The number of nitrogens with two attached hydrogens (primary N) is 2. The Bertz CT molecular complexity index is 464. The van der Waals surface area contributed by atoms with Crippen molar-refractivity contribution >= 4 is 11.6 Å². The Morgan fingerprint density at radius 2 is 2.32 bits per heavy atom. The molecule has 1 aliphatic heterocycles. The average Bonchev–Trinajstić information content (AvgIpc) is 2.42. The summed E-state index contributed by atoms with van der Waals surface area (Å²) in [6.07, 6.45) is 0. The van der Waals surface area contributed by atoms with E-state index in [4.69, 9.17) is 16.2 Å². The summed E-state index contributed by atoms with van der Waals surface area (Å²) in [5.74, 6) is 0.627. The van der Waals surface area contributed by atoms with E-state index in [9.17, 15) is 4.79 Å². The zero-order valence-electron chi connectivity index (χ0n) is 11.1. The summed E-state index contributed by atoms with van der Waals surface area (Å²) in [6, 6.07) is 5.58. The van der Waals surface area contributed by atoms with Crippen LogP contribution in [0.1, 0.15) is 5.56 Å². The second-order valence-electron chi connectivity index (χ2n) is 4.62. The van der Waals surface area contributed by atoms with Crippen LogP contribution in [-0.4, -0.2) is 38.7 Å². The van der Waals surface area contributed by atoms with Crippen LogP contribution in [0.5, 0.6) is 5.75 Å². The van der Waals surface area contributed by atoms with Crippen molar-refractivity contribution in [3.05, 3.63) is 23.8 Å². The molecule has 0 fully saturated rings. The SMILES string of the molecule is CNCc1ccc2c(c1)N(CC(N)CN)C(=O)CO2. The fourth-order valence-electron chi connectivity index (χ4n) is 2.07. The minimum atomic E-state index is -0.233. The van der Waals surface area contributed by atoms with Crippen molar-refractivity contribution < 1.29 is 9.53 Å². The molecule has 5 N–H and O–H groups in total. The number of anilines is 1. The Morgan fingerprint density at radius 1 is 1.53 bits per heavy atom. The molecule has 0 spiro atoms. The molecule has 1 amide bonds. The first-order valence-corrected chi connectivity index (χ1v) is 6.32. The normalized spacial score (nSPS) is 15.9. The van der Waals surface area contributed by atoms with E-state index in [1.807, 2.05) is 25.2 Å². The first-order valence-electron chi connectivity index (χ1n) is 6.32. The lowest BCUT2D eigenvalue weighted by Gasteiger charge is -2.31. The largest absolute Gasteiger partial charge is 0.482 e. The van der Waals surface area contributed by atoms with Crippen molar-refractivity contribution in [3.8, 4) is 5.75 Å². The zero-order chi connectivity index (χ0) is 13.8. The highest BCUT2D eigenvalue weighted by atomic mass is 16.5. The highest BCUT2D eigenvalue weighted by Crippen LogP contribution is 2.32. The van der Waals surface area contributed by atoms with E-state index in [2.05, 4.69) is 5.32 Å². The fourth-order valence-corrected chi connectivity index (χ4v) is 2.07. The van der Waals surface area contributed by atoms with Crippen LogP contribution >= 0.6 is 0 Å². The second-order valence-corrected chi connectivity index (χ2v) is 4.62. The number of ether oxygens (including phenoxy) is 1. The van der Waals surface area contributed by atoms with Crippen LogP contribution in [0.2, 0.25) is 0 Å². The van der Waals surface area contributed by atoms with Gasteiger partial charge in [-0.15, -0.1) is 0 Å². The number of nitrogens with zero attached hydrogens (tertiary/aromatic N) is 1. The van der Waals surface area contributed by atoms with Gasteiger partial charge in [0.25, 0.3) is 5.91 Å². The van der Waals surface area contributed by atoms with Gasteiger partial charge in [0.2, 0.25) is 0 Å². The third-order valence-electron chi connectivity index (χ3n) is 3.07. The number of carbonyl (C=O) groups is 1. The standard InChI is InChI=1S/C13H20N4O2/c1-16-6-9-2-3-12-11(4-9)17(7-10(15)5-14)13(18)8-19-12/h2-4,10,16H,5-8,14-15H2,1H3. The Balaban J connectivity index is 2.30. The molecule has 0 saturated heterocycles. The quantitative estimate of drug-likeness (QED) is 0.661. The first-order chi connectivity index (χ1) is 9.15. The molecule has 6 nitrogen and oxygen atoms in total. The van der Waals surface area contributed by atoms with Crippen LogP contribution in [0, 0.1) is 0 Å². The number of hydrogen-bond acceptors (Lipinski definition) is 5. The van der Waals surface area contributed by atoms with Gasteiger partial charge in [0.05, 0.1) is 5.69 Å². The summed E-state index contributed by atoms with van der Waals surface area (Å²) in [6.45, 7) is 1.54. The van der Waals surface area contributed by atoms with Gasteiger partial charge in [0.1, 0.15) is 5.75 Å². The maximum atomic E-state index is 12.0. The number of nitrogens with one attached hydrogen (secondary N) is 1. The van der Waals surface area contributed by atoms with Crippen molar-refractivity contribution in [1.82, 2.24) is 5.32 Å². The number of fused-ring (bicyclic) bond motifs is 1. The van der Waals surface area contributed by atoms with Crippen molar-refractivity contribution in [1.29, 1.82) is 0 Å². The molecule has 0 aliphatic carbocycles. The molecule has 1 aromatic carbocycles. The molecular formula is C13H20N4O2. The van der Waals surface area contributed by atoms with Gasteiger partial charge in [-0.25, -0.2) is 0 Å². The Morgan fingerprint density at radius 3 is 3.00 bits per heavy atom. The van der Waals surface area contributed by atoms with E-state index in [1.165, 1.54) is 0 Å². The molecule has 104 valence electrons. The lowest BCUT2D eigenvalue weighted by molar-refractivity contribution is -0.121. The maximum absolute atomic E-state index is 12.0. The van der Waals surface area contributed by atoms with E-state index in [0.717, 1.165) is 17.8 Å². The van der Waals surface area contributed by atoms with E-state index in [0.29, 0.717) is 18.8 Å². The van der Waals surface area contributed by atoms with Crippen LogP contribution in [0.3, 0.4) is 0 Å². The van der Waals surface area contributed by atoms with Crippen LogP contribution in [0.15, 0.2) is 18.2 Å². The molecule has 0 radical (unpaired) electrons. The molecule has 1 atom stereocenters. The molecule has 0 aromatic heterocycles. The van der Waals surface area contributed by atoms with Crippen LogP contribution < -0.4 is 26.4 Å². The summed E-state index contributed by atoms with van der Waals surface area (Å²) in [5.41, 5.74) is 13.2. The summed E-state index contributed by atoms with van der Waals surface area (Å²) in [7, 11) is 1.88. The smallest absolute Gasteiger partial charge is 0.265 e. The second kappa shape index (κ2) is 6.01. The van der Waals surface area contributed by atoms with Gasteiger partial charge in [0.15, 0.2) is 6.61 Å². The van der Waals surface area contributed by atoms with Crippen molar-refractivity contribution in [2.24, 2.45) is 11.5 Å². The van der Waals surface area contributed by atoms with Crippen molar-refractivity contribution in [2.75, 3.05) is 31.6 Å². The summed E-state index contributed by atoms with van der Waals surface area (Å²) in [4.78, 5) is 13.6. The monoisotopic (exact) mass is 264 g/mol. The molecular weight excluding hydrogens is 244 g/mol. The van der Waals surface area contributed by atoms with Crippen LogP contribution in [0.25, 0.3) is 0 Å². The van der Waals surface area contributed by atoms with Gasteiger partial charge < -0.3 is 26.4 Å². The van der Waals surface area contributed by atoms with E-state index in [1.54, 1.807) is 4.90 Å². The lowest BCUT2D eigenvalue weighted by atomic mass is 10.1. The third-order valence-corrected chi connectivity index (χ3v) is 3.07. The molecule has 1 unspecified atom stereocenters. The predicted molar refractivity (Wildman–Crippen MR) is 74.1 cm³/mol. The number of benzene rings is 1. The number of carbonyl (C=O) groups excluding carboxylic acids is 1. The molecule has 6 heteroatoms. The highest BCUT2D eigenvalue weighted by Gasteiger charge is 2.26. The van der Waals surface area contributed by atoms with Gasteiger partial charge in [0, 0.05) is 25.7 Å². The topological polar surface area (TPSA) is 93.6 Å². The lowest BCUT2D eigenvalue weighted by Crippen LogP contribution is -2.48. The van der Waals surface area contributed by atoms with E-state index in [-0.39, 0.29) is 18.6 Å². The summed E-state index contributed by atoms with van der Waals surface area (Å²) >= 11 is 0. The minimum absolute atomic E-state index is 0.0513. The molecule has 1 aliphatic rings. The number of amides is 1. The Labute approximate surface area is 112 Å². The van der Waals surface area contributed by atoms with Crippen molar-refractivity contribution in [3.63, 3.8) is 0 Å². The molecule has 1 heterocycles. The Hall–Kier alpha value is -1.63. The number of rotatable bonds is 5. The molecule has 0 bridgehead atoms. The molecule has 2 rings (SSSR count). The highest BCUT2D eigenvalue weighted by molar-refractivity contribution is 5.98. The van der Waals surface area contributed by atoms with E-state index >= 15 is 0 Å². The van der Waals surface area contributed by atoms with E-state index < -0.39 is 0 Å². The number of hydrogen-bond donors (Lipinski definition) is 3. The van der Waals surface area contributed by atoms with Gasteiger partial charge in [-0.3, -0.25) is 4.79 Å². The fraction of sp³-hybridized carbons (Fsp3) is 0.462. The van der Waals surface area contributed by atoms with Crippen LogP contribution in [0.4, 0.5) is 5.69 Å². The third kappa shape index (κ3) is 3.04. The minimum Gasteiger partial charge on any atom is -0.482 e. The summed E-state index contributed by atoms with van der Waals surface area (Å²) in [5, 5.41) is 3.08. The molecule has 0 saturated carbocycles. The summed E-state index contributed by atoms with van der Waals surface area (Å²) < 4.78 is 5.43. The predicted octanol–water partition coefficient (Wildman–Crippen LogP) is -0.583. The molecule has 19 heavy (non-hydrogen) atoms. The first kappa shape index (κ1) is 13.8. The Kier molecular flexibility index (Phi) is 4.36. The zero-order valence-corrected chi connectivity index (χ0v) is 11.1. The van der Waals surface area contributed by atoms with Crippen LogP contribution in [-0.2, 0) is 11.3 Å².